The van der Waals surface area contributed by atoms with E-state index in [2.05, 4.69) is 0 Å². The smallest absolute Gasteiger partial charge is 0.300 e. The number of hydrogen-bond acceptors (Lipinski definition) is 4. The van der Waals surface area contributed by atoms with Crippen molar-refractivity contribution in [3.05, 3.63) is 0 Å². The largest absolute Gasteiger partial charge is 0.332 e. The summed E-state index contributed by atoms with van der Waals surface area (Å²) in [5.41, 5.74) is -1.32. The van der Waals surface area contributed by atoms with Gasteiger partial charge < -0.3 is 4.79 Å². The minimum atomic E-state index is -1.32. The van der Waals surface area contributed by atoms with Crippen LogP contribution in [0.4, 0.5) is 4.79 Å². The van der Waals surface area contributed by atoms with E-state index < -0.39 is 23.3 Å². The lowest BCUT2D eigenvalue weighted by molar-refractivity contribution is -0.156. The second-order valence-electron chi connectivity index (χ2n) is 4.55. The number of ketones is 1. The summed E-state index contributed by atoms with van der Waals surface area (Å²) in [4.78, 5) is 48.2. The van der Waals surface area contributed by atoms with Crippen LogP contribution in [0.1, 0.15) is 26.7 Å². The Morgan fingerprint density at radius 3 is 1.88 bits per heavy atom. The van der Waals surface area contributed by atoms with E-state index in [4.69, 9.17) is 0 Å². The van der Waals surface area contributed by atoms with Gasteiger partial charge in [0.15, 0.2) is 0 Å². The van der Waals surface area contributed by atoms with Crippen LogP contribution in [0, 0.1) is 5.41 Å². The molecular formula is C11H16N2O4. The third kappa shape index (κ3) is 2.07. The maximum Gasteiger partial charge on any atom is 0.332 e. The summed E-state index contributed by atoms with van der Waals surface area (Å²) >= 11 is 0. The van der Waals surface area contributed by atoms with Gasteiger partial charge in [-0.05, 0) is 20.3 Å². The highest BCUT2D eigenvalue weighted by Crippen LogP contribution is 2.32. The molecule has 1 heterocycles. The van der Waals surface area contributed by atoms with Crippen molar-refractivity contribution in [2.24, 2.45) is 5.41 Å². The maximum atomic E-state index is 12.0. The van der Waals surface area contributed by atoms with Crippen molar-refractivity contribution in [3.8, 4) is 0 Å². The predicted molar refractivity (Wildman–Crippen MR) is 59.0 cm³/mol. The van der Waals surface area contributed by atoms with Gasteiger partial charge in [0.1, 0.15) is 11.2 Å². The molecule has 1 aliphatic rings. The normalized spacial score (nSPS) is 19.9. The summed E-state index contributed by atoms with van der Waals surface area (Å²) in [6.07, 6.45) is 0.270. The fourth-order valence-corrected chi connectivity index (χ4v) is 1.87. The minimum absolute atomic E-state index is 0.0889. The van der Waals surface area contributed by atoms with Crippen molar-refractivity contribution in [2.75, 3.05) is 14.1 Å². The van der Waals surface area contributed by atoms with Crippen LogP contribution >= 0.6 is 0 Å². The van der Waals surface area contributed by atoms with Gasteiger partial charge in [0, 0.05) is 20.5 Å². The molecule has 0 aliphatic carbocycles. The summed E-state index contributed by atoms with van der Waals surface area (Å²) in [5.74, 6) is -1.19. The number of rotatable bonds is 3. The Labute approximate surface area is 99.5 Å². The zero-order valence-corrected chi connectivity index (χ0v) is 10.4. The Bertz CT molecular complexity index is 378. The van der Waals surface area contributed by atoms with E-state index >= 15 is 0 Å². The first-order valence-corrected chi connectivity index (χ1v) is 5.31. The number of barbiturate groups is 1. The first-order valence-electron chi connectivity index (χ1n) is 5.31. The highest BCUT2D eigenvalue weighted by Gasteiger charge is 2.51. The molecule has 94 valence electrons. The van der Waals surface area contributed by atoms with E-state index in [1.165, 1.54) is 27.9 Å². The van der Waals surface area contributed by atoms with E-state index in [1.54, 1.807) is 0 Å². The van der Waals surface area contributed by atoms with Gasteiger partial charge in [-0.1, -0.05) is 0 Å². The highest BCUT2D eigenvalue weighted by molar-refractivity contribution is 6.18. The van der Waals surface area contributed by atoms with Crippen LogP contribution in [0.3, 0.4) is 0 Å². The molecule has 0 unspecified atom stereocenters. The van der Waals surface area contributed by atoms with Gasteiger partial charge in [0.2, 0.25) is 11.8 Å². The molecule has 0 radical (unpaired) electrons. The van der Waals surface area contributed by atoms with Crippen LogP contribution in [0.2, 0.25) is 0 Å². The molecule has 0 N–H and O–H groups in total. The highest BCUT2D eigenvalue weighted by atomic mass is 16.2. The molecule has 6 heteroatoms. The number of nitrogens with zero attached hydrogens (tertiary/aromatic N) is 2. The van der Waals surface area contributed by atoms with Crippen molar-refractivity contribution in [2.45, 2.75) is 26.7 Å². The quantitative estimate of drug-likeness (QED) is 0.670. The van der Waals surface area contributed by atoms with Gasteiger partial charge in [-0.25, -0.2) is 4.79 Å². The predicted octanol–water partition coefficient (Wildman–Crippen LogP) is 0.412. The van der Waals surface area contributed by atoms with Gasteiger partial charge in [0.25, 0.3) is 0 Å². The molecule has 17 heavy (non-hydrogen) atoms. The Balaban J connectivity index is 3.03. The third-order valence-corrected chi connectivity index (χ3v) is 3.10. The molecule has 0 atom stereocenters. The molecular weight excluding hydrogens is 224 g/mol. The Morgan fingerprint density at radius 1 is 1.12 bits per heavy atom. The van der Waals surface area contributed by atoms with Crippen molar-refractivity contribution >= 4 is 23.6 Å². The number of Topliss-reactive ketones (excluding diaryl/α,β-unsaturated/α-hetero) is 1. The topological polar surface area (TPSA) is 74.8 Å². The van der Waals surface area contributed by atoms with Crippen LogP contribution in [0.5, 0.6) is 0 Å². The van der Waals surface area contributed by atoms with Gasteiger partial charge in [0.05, 0.1) is 0 Å². The zero-order valence-electron chi connectivity index (χ0n) is 10.4. The number of hydrogen-bond donors (Lipinski definition) is 0. The summed E-state index contributed by atoms with van der Waals surface area (Å²) in [7, 11) is 2.67. The fourth-order valence-electron chi connectivity index (χ4n) is 1.87. The standard InChI is InChI=1S/C11H16N2O4/c1-7(14)5-6-11(2)8(15)12(3)10(17)13(4)9(11)16/h5-6H2,1-4H3. The first kappa shape index (κ1) is 13.3. The number of carbonyl (C=O) groups is 4. The SMILES string of the molecule is CC(=O)CCC1(C)C(=O)N(C)C(=O)N(C)C1=O. The van der Waals surface area contributed by atoms with Gasteiger partial charge in [-0.3, -0.25) is 19.4 Å². The summed E-state index contributed by atoms with van der Waals surface area (Å²) in [5, 5.41) is 0. The van der Waals surface area contributed by atoms with Gasteiger partial charge >= 0.3 is 6.03 Å². The van der Waals surface area contributed by atoms with Crippen LogP contribution in [-0.2, 0) is 14.4 Å². The van der Waals surface area contributed by atoms with Crippen LogP contribution < -0.4 is 0 Å². The van der Waals surface area contributed by atoms with Crippen LogP contribution in [0.15, 0.2) is 0 Å². The van der Waals surface area contributed by atoms with E-state index in [0.717, 1.165) is 9.80 Å². The Hall–Kier alpha value is -1.72. The second kappa shape index (κ2) is 4.27. The monoisotopic (exact) mass is 240 g/mol. The molecule has 0 aromatic carbocycles. The molecule has 6 nitrogen and oxygen atoms in total. The number of imide groups is 2. The molecule has 1 aliphatic heterocycles. The van der Waals surface area contributed by atoms with Gasteiger partial charge in [-0.15, -0.1) is 0 Å². The van der Waals surface area contributed by atoms with Crippen molar-refractivity contribution in [1.82, 2.24) is 9.80 Å². The molecule has 1 rings (SSSR count). The Morgan fingerprint density at radius 2 is 1.53 bits per heavy atom. The number of urea groups is 1. The summed E-state index contributed by atoms with van der Waals surface area (Å²) in [6, 6.07) is -0.639. The molecule has 0 bridgehead atoms. The van der Waals surface area contributed by atoms with E-state index in [0.29, 0.717) is 0 Å². The minimum Gasteiger partial charge on any atom is -0.300 e. The molecule has 0 saturated carbocycles. The first-order chi connectivity index (χ1) is 7.71. The maximum absolute atomic E-state index is 12.0. The van der Waals surface area contributed by atoms with Crippen LogP contribution in [0.25, 0.3) is 0 Å². The van der Waals surface area contributed by atoms with E-state index in [1.807, 2.05) is 0 Å². The lowest BCUT2D eigenvalue weighted by atomic mass is 9.80. The second-order valence-corrected chi connectivity index (χ2v) is 4.55. The third-order valence-electron chi connectivity index (χ3n) is 3.10. The van der Waals surface area contributed by atoms with E-state index in [-0.39, 0.29) is 18.6 Å². The lowest BCUT2D eigenvalue weighted by Crippen LogP contribution is -2.61. The van der Waals surface area contributed by atoms with Crippen molar-refractivity contribution < 1.29 is 19.2 Å². The van der Waals surface area contributed by atoms with Crippen molar-refractivity contribution in [1.29, 1.82) is 0 Å². The van der Waals surface area contributed by atoms with E-state index in [9.17, 15) is 19.2 Å². The molecule has 1 fully saturated rings. The summed E-state index contributed by atoms with van der Waals surface area (Å²) in [6.45, 7) is 2.87. The zero-order chi connectivity index (χ0) is 13.4. The van der Waals surface area contributed by atoms with Gasteiger partial charge in [-0.2, -0.15) is 0 Å². The van der Waals surface area contributed by atoms with Crippen molar-refractivity contribution in [3.63, 3.8) is 0 Å². The average Bonchev–Trinajstić information content (AvgIpc) is 2.29. The Kier molecular flexibility index (Phi) is 3.35. The van der Waals surface area contributed by atoms with Crippen LogP contribution in [-0.4, -0.2) is 47.5 Å². The summed E-state index contributed by atoms with van der Waals surface area (Å²) < 4.78 is 0. The number of amides is 4. The molecule has 0 aromatic rings. The molecule has 0 spiro atoms. The molecule has 1 saturated heterocycles. The lowest BCUT2D eigenvalue weighted by Gasteiger charge is -2.39. The number of carbonyl (C=O) groups excluding carboxylic acids is 4. The average molecular weight is 240 g/mol. The fraction of sp³-hybridized carbons (Fsp3) is 0.636. The molecule has 0 aromatic heterocycles. The molecule has 4 amide bonds.